The van der Waals surface area contributed by atoms with Gasteiger partial charge in [0.05, 0.1) is 4.90 Å². The molecule has 2 aromatic carbocycles. The molecule has 0 heterocycles. The average molecular weight is 409 g/mol. The first-order chi connectivity index (χ1) is 12.8. The minimum atomic E-state index is -3.85. The van der Waals surface area contributed by atoms with Crippen LogP contribution >= 0.6 is 11.6 Å². The topological polar surface area (TPSA) is 75.3 Å². The van der Waals surface area contributed by atoms with Crippen LogP contribution in [0.25, 0.3) is 0 Å². The van der Waals surface area contributed by atoms with Crippen molar-refractivity contribution >= 4 is 27.5 Å². The van der Waals surface area contributed by atoms with Gasteiger partial charge in [0, 0.05) is 11.6 Å². The van der Waals surface area contributed by atoms with E-state index in [2.05, 4.69) is 23.9 Å². The van der Waals surface area contributed by atoms with Crippen molar-refractivity contribution in [1.82, 2.24) is 10.0 Å². The fraction of sp³-hybridized carbons (Fsp3) is 0.350. The van der Waals surface area contributed by atoms with Crippen molar-refractivity contribution in [3.63, 3.8) is 0 Å². The van der Waals surface area contributed by atoms with Gasteiger partial charge in [0.25, 0.3) is 0 Å². The Kier molecular flexibility index (Phi) is 7.83. The van der Waals surface area contributed by atoms with E-state index in [9.17, 15) is 13.2 Å². The number of hydrogen-bond acceptors (Lipinski definition) is 3. The molecule has 1 amide bonds. The van der Waals surface area contributed by atoms with Crippen molar-refractivity contribution < 1.29 is 13.2 Å². The molecule has 27 heavy (non-hydrogen) atoms. The summed E-state index contributed by atoms with van der Waals surface area (Å²) in [6, 6.07) is 14.3. The van der Waals surface area contributed by atoms with E-state index in [4.69, 9.17) is 11.6 Å². The lowest BCUT2D eigenvalue weighted by atomic mass is 10.1. The number of sulfonamides is 1. The quantitative estimate of drug-likeness (QED) is 0.667. The van der Waals surface area contributed by atoms with Crippen LogP contribution in [0.3, 0.4) is 0 Å². The maximum atomic E-state index is 12.7. The fourth-order valence-corrected chi connectivity index (χ4v) is 3.84. The lowest BCUT2D eigenvalue weighted by Crippen LogP contribution is -2.48. The molecule has 7 heteroatoms. The fourth-order valence-electron chi connectivity index (χ4n) is 2.51. The molecule has 2 rings (SSSR count). The molecule has 0 saturated heterocycles. The summed E-state index contributed by atoms with van der Waals surface area (Å²) < 4.78 is 27.9. The molecule has 146 valence electrons. The molecule has 0 radical (unpaired) electrons. The summed E-state index contributed by atoms with van der Waals surface area (Å²) in [5, 5.41) is 3.28. The maximum absolute atomic E-state index is 12.7. The van der Waals surface area contributed by atoms with Crippen LogP contribution in [-0.2, 0) is 21.2 Å². The zero-order chi connectivity index (χ0) is 19.9. The van der Waals surface area contributed by atoms with E-state index in [1.165, 1.54) is 24.3 Å². The van der Waals surface area contributed by atoms with Crippen LogP contribution in [0.15, 0.2) is 59.5 Å². The lowest BCUT2D eigenvalue weighted by Gasteiger charge is -2.19. The molecule has 0 saturated carbocycles. The average Bonchev–Trinajstić information content (AvgIpc) is 2.62. The molecule has 0 fully saturated rings. The zero-order valence-corrected chi connectivity index (χ0v) is 17.1. The van der Waals surface area contributed by atoms with Gasteiger partial charge in [-0.2, -0.15) is 4.72 Å². The maximum Gasteiger partial charge on any atom is 0.241 e. The van der Waals surface area contributed by atoms with E-state index in [1.54, 1.807) is 0 Å². The van der Waals surface area contributed by atoms with E-state index in [1.807, 2.05) is 30.3 Å². The minimum Gasteiger partial charge on any atom is -0.355 e. The van der Waals surface area contributed by atoms with E-state index < -0.39 is 16.1 Å². The Bertz CT molecular complexity index is 837. The van der Waals surface area contributed by atoms with E-state index in [-0.39, 0.29) is 17.2 Å². The first-order valence-corrected chi connectivity index (χ1v) is 10.7. The Morgan fingerprint density at radius 2 is 1.67 bits per heavy atom. The Labute approximate surface area is 166 Å². The number of rotatable bonds is 9. The summed E-state index contributed by atoms with van der Waals surface area (Å²) >= 11 is 5.83. The van der Waals surface area contributed by atoms with Crippen molar-refractivity contribution in [2.45, 2.75) is 37.6 Å². The zero-order valence-electron chi connectivity index (χ0n) is 15.5. The van der Waals surface area contributed by atoms with Crippen molar-refractivity contribution in [2.24, 2.45) is 5.92 Å². The number of carbonyl (C=O) groups excluding carboxylic acids is 1. The van der Waals surface area contributed by atoms with Crippen LogP contribution in [0, 0.1) is 5.92 Å². The third-order valence-corrected chi connectivity index (χ3v) is 5.78. The molecule has 0 unspecified atom stereocenters. The van der Waals surface area contributed by atoms with Gasteiger partial charge in [-0.05, 0) is 48.6 Å². The SMILES string of the molecule is CC(C)CCNC(=O)[C@@H](Cc1ccccc1)NS(=O)(=O)c1ccc(Cl)cc1. The predicted molar refractivity (Wildman–Crippen MR) is 108 cm³/mol. The van der Waals surface area contributed by atoms with Crippen molar-refractivity contribution in [3.8, 4) is 0 Å². The first-order valence-electron chi connectivity index (χ1n) is 8.87. The summed E-state index contributed by atoms with van der Waals surface area (Å²) in [5.74, 6) is 0.112. The van der Waals surface area contributed by atoms with Crippen molar-refractivity contribution in [1.29, 1.82) is 0 Å². The lowest BCUT2D eigenvalue weighted by molar-refractivity contribution is -0.122. The molecule has 0 aliphatic heterocycles. The molecule has 0 bridgehead atoms. The van der Waals surface area contributed by atoms with Crippen LogP contribution in [0.4, 0.5) is 0 Å². The summed E-state index contributed by atoms with van der Waals surface area (Å²) in [6.45, 7) is 4.64. The Balaban J connectivity index is 2.17. The number of hydrogen-bond donors (Lipinski definition) is 2. The third-order valence-electron chi connectivity index (χ3n) is 4.04. The summed E-state index contributed by atoms with van der Waals surface area (Å²) in [4.78, 5) is 12.7. The van der Waals surface area contributed by atoms with Gasteiger partial charge in [-0.1, -0.05) is 55.8 Å². The molecule has 2 aromatic rings. The second-order valence-electron chi connectivity index (χ2n) is 6.79. The number of nitrogens with one attached hydrogen (secondary N) is 2. The molecular weight excluding hydrogens is 384 g/mol. The molecule has 0 spiro atoms. The Hall–Kier alpha value is -1.89. The van der Waals surface area contributed by atoms with Gasteiger partial charge in [-0.15, -0.1) is 0 Å². The van der Waals surface area contributed by atoms with E-state index >= 15 is 0 Å². The molecule has 5 nitrogen and oxygen atoms in total. The van der Waals surface area contributed by atoms with Crippen LogP contribution in [-0.4, -0.2) is 26.9 Å². The second-order valence-corrected chi connectivity index (χ2v) is 8.94. The second kappa shape index (κ2) is 9.88. The molecule has 0 aromatic heterocycles. The molecule has 0 aliphatic rings. The predicted octanol–water partition coefficient (Wildman–Crippen LogP) is 3.39. The number of benzene rings is 2. The number of amides is 1. The van der Waals surface area contributed by atoms with Gasteiger partial charge in [0.2, 0.25) is 15.9 Å². The molecular formula is C20H25ClN2O3S. The number of halogens is 1. The summed E-state index contributed by atoms with van der Waals surface area (Å²) in [5.41, 5.74) is 0.875. The minimum absolute atomic E-state index is 0.0694. The van der Waals surface area contributed by atoms with Gasteiger partial charge < -0.3 is 5.32 Å². The highest BCUT2D eigenvalue weighted by atomic mass is 35.5. The van der Waals surface area contributed by atoms with Crippen LogP contribution in [0.1, 0.15) is 25.8 Å². The van der Waals surface area contributed by atoms with Crippen molar-refractivity contribution in [3.05, 3.63) is 65.2 Å². The van der Waals surface area contributed by atoms with Crippen LogP contribution in [0.5, 0.6) is 0 Å². The highest BCUT2D eigenvalue weighted by Crippen LogP contribution is 2.15. The summed E-state index contributed by atoms with van der Waals surface area (Å²) in [6.07, 6.45) is 1.09. The van der Waals surface area contributed by atoms with Gasteiger partial charge in [-0.3, -0.25) is 4.79 Å². The van der Waals surface area contributed by atoms with E-state index in [0.29, 0.717) is 17.5 Å². The van der Waals surface area contributed by atoms with Crippen molar-refractivity contribution in [2.75, 3.05) is 6.54 Å². The third kappa shape index (κ3) is 6.97. The largest absolute Gasteiger partial charge is 0.355 e. The van der Waals surface area contributed by atoms with Gasteiger partial charge in [0.1, 0.15) is 6.04 Å². The summed E-state index contributed by atoms with van der Waals surface area (Å²) in [7, 11) is -3.85. The van der Waals surface area contributed by atoms with Gasteiger partial charge in [0.15, 0.2) is 0 Å². The molecule has 2 N–H and O–H groups in total. The smallest absolute Gasteiger partial charge is 0.241 e. The standard InChI is InChI=1S/C20H25ClN2O3S/c1-15(2)12-13-22-20(24)19(14-16-6-4-3-5-7-16)23-27(25,26)18-10-8-17(21)9-11-18/h3-11,15,19,23H,12-14H2,1-2H3,(H,22,24)/t19-/m1/s1. The van der Waals surface area contributed by atoms with Crippen LogP contribution < -0.4 is 10.0 Å². The van der Waals surface area contributed by atoms with Gasteiger partial charge in [-0.25, -0.2) is 8.42 Å². The monoisotopic (exact) mass is 408 g/mol. The Morgan fingerprint density at radius 3 is 2.26 bits per heavy atom. The number of carbonyl (C=O) groups is 1. The highest BCUT2D eigenvalue weighted by molar-refractivity contribution is 7.89. The van der Waals surface area contributed by atoms with Gasteiger partial charge >= 0.3 is 0 Å². The normalized spacial score (nSPS) is 12.7. The van der Waals surface area contributed by atoms with E-state index in [0.717, 1.165) is 12.0 Å². The van der Waals surface area contributed by atoms with Crippen LogP contribution in [0.2, 0.25) is 5.02 Å². The molecule has 1 atom stereocenters. The highest BCUT2D eigenvalue weighted by Gasteiger charge is 2.26. The molecule has 0 aliphatic carbocycles. The first kappa shape index (κ1) is 21.4. The Morgan fingerprint density at radius 1 is 1.04 bits per heavy atom.